The average molecular weight is 420 g/mol. The Labute approximate surface area is 183 Å². The van der Waals surface area contributed by atoms with E-state index in [0.717, 1.165) is 43.9 Å². The quantitative estimate of drug-likeness (QED) is 0.762. The van der Waals surface area contributed by atoms with E-state index in [2.05, 4.69) is 19.8 Å². The highest BCUT2D eigenvalue weighted by Crippen LogP contribution is 2.38. The number of amides is 2. The van der Waals surface area contributed by atoms with Gasteiger partial charge >= 0.3 is 0 Å². The van der Waals surface area contributed by atoms with E-state index in [1.807, 2.05) is 24.3 Å². The van der Waals surface area contributed by atoms with Crippen LogP contribution in [-0.4, -0.2) is 64.3 Å². The van der Waals surface area contributed by atoms with Gasteiger partial charge < -0.3 is 14.7 Å². The highest BCUT2D eigenvalue weighted by atomic mass is 16.2. The average Bonchev–Trinajstić information content (AvgIpc) is 2.80. The molecule has 7 nitrogen and oxygen atoms in total. The smallest absolute Gasteiger partial charge is 0.255 e. The first kappa shape index (κ1) is 20.0. The maximum atomic E-state index is 12.8. The summed E-state index contributed by atoms with van der Waals surface area (Å²) in [5, 5.41) is 0. The highest BCUT2D eigenvalue weighted by Gasteiger charge is 2.44. The van der Waals surface area contributed by atoms with Gasteiger partial charge in [0.2, 0.25) is 5.91 Å². The number of fused-ring (bicyclic) bond motifs is 4. The van der Waals surface area contributed by atoms with Gasteiger partial charge in [0.05, 0.1) is 5.56 Å². The van der Waals surface area contributed by atoms with E-state index in [1.54, 1.807) is 30.5 Å². The number of anilines is 1. The fourth-order valence-electron chi connectivity index (χ4n) is 5.55. The number of hydrogen-bond donors (Lipinski definition) is 0. The van der Waals surface area contributed by atoms with Gasteiger partial charge in [-0.15, -0.1) is 0 Å². The minimum Gasteiger partial charge on any atom is -0.356 e. The second-order valence-corrected chi connectivity index (χ2v) is 9.20. The summed E-state index contributed by atoms with van der Waals surface area (Å²) >= 11 is 0. The van der Waals surface area contributed by atoms with Crippen molar-refractivity contribution < 1.29 is 9.59 Å². The number of carbonyl (C=O) groups is 2. The predicted octanol–water partition coefficient (Wildman–Crippen LogP) is 2.59. The van der Waals surface area contributed by atoms with Crippen molar-refractivity contribution in [1.82, 2.24) is 19.8 Å². The van der Waals surface area contributed by atoms with Crippen LogP contribution in [0.3, 0.4) is 0 Å². The number of nitrogens with zero attached hydrogens (tertiary/aromatic N) is 5. The molecule has 7 heteroatoms. The summed E-state index contributed by atoms with van der Waals surface area (Å²) in [4.78, 5) is 40.1. The molecule has 0 radical (unpaired) electrons. The van der Waals surface area contributed by atoms with Crippen molar-refractivity contribution in [2.24, 2.45) is 11.8 Å². The second kappa shape index (κ2) is 8.29. The zero-order valence-electron chi connectivity index (χ0n) is 18.0. The molecule has 3 saturated heterocycles. The van der Waals surface area contributed by atoms with E-state index in [4.69, 9.17) is 0 Å². The number of carbonyl (C=O) groups excluding carboxylic acids is 2. The third-order valence-electron chi connectivity index (χ3n) is 6.99. The lowest BCUT2D eigenvalue weighted by atomic mass is 9.76. The zero-order chi connectivity index (χ0) is 21.4. The summed E-state index contributed by atoms with van der Waals surface area (Å²) < 4.78 is 0. The fraction of sp³-hybridized carbons (Fsp3) is 0.500. The Bertz CT molecular complexity index is 948. The molecule has 31 heavy (non-hydrogen) atoms. The first-order valence-electron chi connectivity index (χ1n) is 11.2. The minimum atomic E-state index is -0.0465. The molecule has 3 aliphatic heterocycles. The molecule has 2 aromatic heterocycles. The number of aromatic nitrogens is 2. The van der Waals surface area contributed by atoms with Gasteiger partial charge in [-0.25, -0.2) is 4.98 Å². The Hall–Kier alpha value is -2.96. The van der Waals surface area contributed by atoms with Crippen molar-refractivity contribution in [3.8, 4) is 0 Å². The minimum absolute atomic E-state index is 0.0465. The summed E-state index contributed by atoms with van der Waals surface area (Å²) in [6, 6.07) is 8.08. The number of pyridine rings is 2. The summed E-state index contributed by atoms with van der Waals surface area (Å²) in [6.07, 6.45) is 9.26. The molecule has 0 N–H and O–H groups in total. The topological polar surface area (TPSA) is 69.6 Å². The van der Waals surface area contributed by atoms with Gasteiger partial charge in [0.15, 0.2) is 0 Å². The van der Waals surface area contributed by atoms with Gasteiger partial charge in [-0.3, -0.25) is 14.6 Å². The molecule has 0 spiro atoms. The molecular weight excluding hydrogens is 390 g/mol. The maximum Gasteiger partial charge on any atom is 0.255 e. The van der Waals surface area contributed by atoms with Crippen LogP contribution in [0.1, 0.15) is 41.6 Å². The highest BCUT2D eigenvalue weighted by molar-refractivity contribution is 5.93. The van der Waals surface area contributed by atoms with Gasteiger partial charge in [-0.05, 0) is 54.9 Å². The summed E-state index contributed by atoms with van der Waals surface area (Å²) in [6.45, 7) is 3.26. The van der Waals surface area contributed by atoms with Crippen molar-refractivity contribution in [2.75, 3.05) is 31.6 Å². The van der Waals surface area contributed by atoms with Crippen molar-refractivity contribution in [3.05, 3.63) is 54.0 Å². The van der Waals surface area contributed by atoms with Crippen molar-refractivity contribution >= 4 is 17.6 Å². The van der Waals surface area contributed by atoms with Crippen LogP contribution in [0.4, 0.5) is 5.82 Å². The molecule has 2 bridgehead atoms. The van der Waals surface area contributed by atoms with Crippen molar-refractivity contribution in [3.63, 3.8) is 0 Å². The largest absolute Gasteiger partial charge is 0.356 e. The molecule has 2 aromatic rings. The van der Waals surface area contributed by atoms with Crippen molar-refractivity contribution in [1.29, 1.82) is 0 Å². The molecule has 3 atom stereocenters. The number of rotatable bonds is 4. The van der Waals surface area contributed by atoms with Gasteiger partial charge in [0.25, 0.3) is 5.91 Å². The number of piperidine rings is 3. The third-order valence-corrected chi connectivity index (χ3v) is 6.99. The van der Waals surface area contributed by atoms with Crippen LogP contribution in [0.25, 0.3) is 0 Å². The summed E-state index contributed by atoms with van der Waals surface area (Å²) in [7, 11) is 1.80. The molecule has 5 rings (SSSR count). The Morgan fingerprint density at radius 2 is 2.10 bits per heavy atom. The van der Waals surface area contributed by atoms with Crippen LogP contribution in [0.15, 0.2) is 42.9 Å². The molecule has 0 saturated carbocycles. The molecule has 0 aliphatic carbocycles. The Balaban J connectivity index is 1.25. The standard InChI is InChI=1S/C24H29N5O2/c1-27(13-17-4-3-9-25-11-17)24(31)19-7-8-22(26-12-19)28-14-18-10-20(16-28)21-5-2-6-23(30)29(21)15-18/h3-4,7-9,11-12,18,20-21H,2,5-6,10,13-16H2,1H3/t18-,20-,21-/m1/s1. The molecule has 5 heterocycles. The van der Waals surface area contributed by atoms with E-state index < -0.39 is 0 Å². The van der Waals surface area contributed by atoms with Crippen LogP contribution in [0.2, 0.25) is 0 Å². The van der Waals surface area contributed by atoms with Crippen LogP contribution >= 0.6 is 0 Å². The molecule has 2 amide bonds. The van der Waals surface area contributed by atoms with Gasteiger partial charge in [0, 0.05) is 64.3 Å². The van der Waals surface area contributed by atoms with E-state index in [1.165, 1.54) is 6.42 Å². The summed E-state index contributed by atoms with van der Waals surface area (Å²) in [5.74, 6) is 2.25. The fourth-order valence-corrected chi connectivity index (χ4v) is 5.55. The van der Waals surface area contributed by atoms with E-state index >= 15 is 0 Å². The van der Waals surface area contributed by atoms with E-state index in [-0.39, 0.29) is 5.91 Å². The molecule has 3 fully saturated rings. The molecule has 0 aromatic carbocycles. The Morgan fingerprint density at radius 3 is 2.87 bits per heavy atom. The maximum absolute atomic E-state index is 12.8. The molecule has 0 unspecified atom stereocenters. The predicted molar refractivity (Wildman–Crippen MR) is 117 cm³/mol. The first-order chi connectivity index (χ1) is 15.1. The lowest BCUT2D eigenvalue weighted by molar-refractivity contribution is -0.142. The first-order valence-corrected chi connectivity index (χ1v) is 11.2. The van der Waals surface area contributed by atoms with Crippen LogP contribution < -0.4 is 4.90 Å². The molecule has 162 valence electrons. The van der Waals surface area contributed by atoms with Crippen LogP contribution in [0.5, 0.6) is 0 Å². The van der Waals surface area contributed by atoms with E-state index in [0.29, 0.717) is 42.3 Å². The van der Waals surface area contributed by atoms with Crippen LogP contribution in [-0.2, 0) is 11.3 Å². The monoisotopic (exact) mass is 419 g/mol. The lowest BCUT2D eigenvalue weighted by Crippen LogP contribution is -2.60. The Morgan fingerprint density at radius 1 is 1.19 bits per heavy atom. The third kappa shape index (κ3) is 4.01. The van der Waals surface area contributed by atoms with Gasteiger partial charge in [-0.2, -0.15) is 0 Å². The molecule has 3 aliphatic rings. The van der Waals surface area contributed by atoms with Crippen LogP contribution in [0, 0.1) is 11.8 Å². The second-order valence-electron chi connectivity index (χ2n) is 9.20. The SMILES string of the molecule is CN(Cc1cccnc1)C(=O)c1ccc(N2C[C@H]3C[C@H](C2)[C@H]2CCCC(=O)N2C3)nc1. The van der Waals surface area contributed by atoms with Gasteiger partial charge in [-0.1, -0.05) is 6.07 Å². The number of hydrogen-bond acceptors (Lipinski definition) is 5. The normalized spacial score (nSPS) is 25.2. The molecular formula is C24H29N5O2. The van der Waals surface area contributed by atoms with Crippen molar-refractivity contribution in [2.45, 2.75) is 38.3 Å². The lowest BCUT2D eigenvalue weighted by Gasteiger charge is -2.52. The van der Waals surface area contributed by atoms with Gasteiger partial charge in [0.1, 0.15) is 5.82 Å². The Kier molecular flexibility index (Phi) is 5.34. The zero-order valence-corrected chi connectivity index (χ0v) is 18.0. The summed E-state index contributed by atoms with van der Waals surface area (Å²) in [5.41, 5.74) is 1.59. The van der Waals surface area contributed by atoms with E-state index in [9.17, 15) is 9.59 Å².